The van der Waals surface area contributed by atoms with Gasteiger partial charge in [0.25, 0.3) is 0 Å². The van der Waals surface area contributed by atoms with Gasteiger partial charge in [-0.1, -0.05) is 188 Å². The van der Waals surface area contributed by atoms with Crippen molar-refractivity contribution in [1.82, 2.24) is 0 Å². The van der Waals surface area contributed by atoms with Gasteiger partial charge in [-0.15, -0.1) is 0 Å². The van der Waals surface area contributed by atoms with Crippen molar-refractivity contribution in [2.75, 3.05) is 4.90 Å². The van der Waals surface area contributed by atoms with Gasteiger partial charge in [-0.3, -0.25) is 0 Å². The number of nitrogens with zero attached hydrogens (tertiary/aromatic N) is 1. The first-order valence-corrected chi connectivity index (χ1v) is 19.7. The summed E-state index contributed by atoms with van der Waals surface area (Å²) in [6, 6.07) is 82.1. The Morgan fingerprint density at radius 1 is 0.228 bits per heavy atom. The minimum atomic E-state index is 1.10. The lowest BCUT2D eigenvalue weighted by molar-refractivity contribution is 1.30. The highest BCUT2D eigenvalue weighted by Crippen LogP contribution is 2.47. The molecule has 0 amide bonds. The van der Waals surface area contributed by atoms with Gasteiger partial charge in [0.15, 0.2) is 0 Å². The molecule has 0 fully saturated rings. The molecule has 0 unspecified atom stereocenters. The maximum atomic E-state index is 2.42. The highest BCUT2D eigenvalue weighted by atomic mass is 15.1. The summed E-state index contributed by atoms with van der Waals surface area (Å²) >= 11 is 0. The summed E-state index contributed by atoms with van der Waals surface area (Å²) in [6.07, 6.45) is 0. The molecular weight excluding hydrogens is 687 g/mol. The summed E-state index contributed by atoms with van der Waals surface area (Å²) < 4.78 is 0. The van der Waals surface area contributed by atoms with Crippen molar-refractivity contribution in [1.29, 1.82) is 0 Å². The van der Waals surface area contributed by atoms with E-state index in [1.54, 1.807) is 0 Å². The van der Waals surface area contributed by atoms with Gasteiger partial charge in [-0.2, -0.15) is 0 Å². The van der Waals surface area contributed by atoms with Crippen molar-refractivity contribution < 1.29 is 0 Å². The fourth-order valence-electron chi connectivity index (χ4n) is 8.98. The van der Waals surface area contributed by atoms with Crippen LogP contribution in [0.15, 0.2) is 224 Å². The SMILES string of the molecule is c1ccc(-c2c(-c3ccccc3)c3cc(N(c4ccc(-c5cccc6ccccc56)cc4)c4ccc5c(ccc6ccccc65)c4)ccc3c3ccccc23)cc1. The predicted octanol–water partition coefficient (Wildman–Crippen LogP) is 15.9. The van der Waals surface area contributed by atoms with Gasteiger partial charge in [0.1, 0.15) is 0 Å². The third-order valence-electron chi connectivity index (χ3n) is 11.6. The summed E-state index contributed by atoms with van der Waals surface area (Å²) in [5.74, 6) is 0. The fourth-order valence-corrected chi connectivity index (χ4v) is 8.98. The van der Waals surface area contributed by atoms with Crippen LogP contribution in [0.4, 0.5) is 17.1 Å². The molecule has 0 aromatic heterocycles. The average Bonchev–Trinajstić information content (AvgIpc) is 3.29. The van der Waals surface area contributed by atoms with Gasteiger partial charge in [0, 0.05) is 17.1 Å². The average molecular weight is 724 g/mol. The van der Waals surface area contributed by atoms with Gasteiger partial charge in [0.2, 0.25) is 0 Å². The Morgan fingerprint density at radius 2 is 0.702 bits per heavy atom. The number of fused-ring (bicyclic) bond motifs is 7. The summed E-state index contributed by atoms with van der Waals surface area (Å²) in [6.45, 7) is 0. The third kappa shape index (κ3) is 5.63. The van der Waals surface area contributed by atoms with Crippen molar-refractivity contribution in [3.8, 4) is 33.4 Å². The van der Waals surface area contributed by atoms with Crippen LogP contribution in [0.3, 0.4) is 0 Å². The third-order valence-corrected chi connectivity index (χ3v) is 11.6. The number of anilines is 3. The maximum Gasteiger partial charge on any atom is 0.0468 e. The van der Waals surface area contributed by atoms with Crippen LogP contribution in [0.5, 0.6) is 0 Å². The molecule has 0 aliphatic carbocycles. The molecule has 11 aromatic carbocycles. The van der Waals surface area contributed by atoms with Gasteiger partial charge in [0.05, 0.1) is 0 Å². The van der Waals surface area contributed by atoms with E-state index in [-0.39, 0.29) is 0 Å². The molecule has 0 saturated heterocycles. The standard InChI is InChI=1S/C56H37N/c1-3-16-41(17-4-1)55-53-24-12-11-23-51(53)52-35-33-46(37-54(52)56(55)42-18-5-2-6-19-42)57(45-32-34-50-43(36-45)27-26-39-15-8-10-22-48(39)50)44-30-28-40(29-31-44)49-25-13-20-38-14-7-9-21-47(38)49/h1-37H. The number of hydrogen-bond donors (Lipinski definition) is 0. The van der Waals surface area contributed by atoms with Crippen LogP contribution in [0.2, 0.25) is 0 Å². The summed E-state index contributed by atoms with van der Waals surface area (Å²) in [4.78, 5) is 2.42. The number of rotatable bonds is 6. The lowest BCUT2D eigenvalue weighted by atomic mass is 9.85. The molecule has 57 heavy (non-hydrogen) atoms. The topological polar surface area (TPSA) is 3.24 Å². The molecule has 0 aliphatic rings. The Hall–Kier alpha value is -7.48. The monoisotopic (exact) mass is 723 g/mol. The van der Waals surface area contributed by atoms with Gasteiger partial charge >= 0.3 is 0 Å². The molecular formula is C56H37N. The second-order valence-corrected chi connectivity index (χ2v) is 14.9. The van der Waals surface area contributed by atoms with E-state index >= 15 is 0 Å². The summed E-state index contributed by atoms with van der Waals surface area (Å²) in [5, 5.41) is 12.5. The molecule has 0 aliphatic heterocycles. The highest BCUT2D eigenvalue weighted by molar-refractivity contribution is 6.22. The van der Waals surface area contributed by atoms with Gasteiger partial charge in [-0.25, -0.2) is 0 Å². The molecule has 266 valence electrons. The number of benzene rings is 11. The first kappa shape index (κ1) is 32.9. The molecule has 0 atom stereocenters. The van der Waals surface area contributed by atoms with Crippen LogP contribution in [0, 0.1) is 0 Å². The van der Waals surface area contributed by atoms with Crippen LogP contribution in [0.1, 0.15) is 0 Å². The Balaban J connectivity index is 1.17. The zero-order chi connectivity index (χ0) is 37.7. The molecule has 0 saturated carbocycles. The lowest BCUT2D eigenvalue weighted by Crippen LogP contribution is -2.10. The van der Waals surface area contributed by atoms with Crippen molar-refractivity contribution >= 4 is 70.9 Å². The van der Waals surface area contributed by atoms with Gasteiger partial charge < -0.3 is 4.90 Å². The molecule has 1 nitrogen and oxygen atoms in total. The van der Waals surface area contributed by atoms with E-state index in [1.165, 1.54) is 87.2 Å². The van der Waals surface area contributed by atoms with E-state index in [1.807, 2.05) is 0 Å². The van der Waals surface area contributed by atoms with E-state index in [9.17, 15) is 0 Å². The summed E-state index contributed by atoms with van der Waals surface area (Å²) in [7, 11) is 0. The Bertz CT molecular complexity index is 3270. The normalized spacial score (nSPS) is 11.5. The molecule has 1 heteroatoms. The largest absolute Gasteiger partial charge is 0.310 e. The second kappa shape index (κ2) is 13.7. The lowest BCUT2D eigenvalue weighted by Gasteiger charge is -2.27. The molecule has 0 N–H and O–H groups in total. The number of hydrogen-bond acceptors (Lipinski definition) is 1. The van der Waals surface area contributed by atoms with Crippen molar-refractivity contribution in [3.63, 3.8) is 0 Å². The van der Waals surface area contributed by atoms with E-state index < -0.39 is 0 Å². The highest BCUT2D eigenvalue weighted by Gasteiger charge is 2.21. The van der Waals surface area contributed by atoms with Crippen molar-refractivity contribution in [2.24, 2.45) is 0 Å². The Labute approximate surface area is 332 Å². The maximum absolute atomic E-state index is 2.42. The summed E-state index contributed by atoms with van der Waals surface area (Å²) in [5.41, 5.74) is 10.7. The van der Waals surface area contributed by atoms with Crippen LogP contribution in [0.25, 0.3) is 87.2 Å². The fraction of sp³-hybridized carbons (Fsp3) is 0. The van der Waals surface area contributed by atoms with Crippen LogP contribution < -0.4 is 4.90 Å². The van der Waals surface area contributed by atoms with Gasteiger partial charge in [-0.05, 0) is 124 Å². The van der Waals surface area contributed by atoms with E-state index in [2.05, 4.69) is 229 Å². The zero-order valence-corrected chi connectivity index (χ0v) is 31.3. The smallest absolute Gasteiger partial charge is 0.0468 e. The molecule has 11 rings (SSSR count). The van der Waals surface area contributed by atoms with E-state index in [0.717, 1.165) is 17.1 Å². The van der Waals surface area contributed by atoms with Crippen molar-refractivity contribution in [2.45, 2.75) is 0 Å². The van der Waals surface area contributed by atoms with Crippen molar-refractivity contribution in [3.05, 3.63) is 224 Å². The molecule has 11 aromatic rings. The Morgan fingerprint density at radius 3 is 1.42 bits per heavy atom. The molecule has 0 spiro atoms. The second-order valence-electron chi connectivity index (χ2n) is 14.9. The minimum absolute atomic E-state index is 1.10. The zero-order valence-electron chi connectivity index (χ0n) is 31.3. The first-order valence-electron chi connectivity index (χ1n) is 19.7. The predicted molar refractivity (Wildman–Crippen MR) is 245 cm³/mol. The minimum Gasteiger partial charge on any atom is -0.310 e. The first-order chi connectivity index (χ1) is 28.3. The van der Waals surface area contributed by atoms with Crippen LogP contribution in [-0.4, -0.2) is 0 Å². The van der Waals surface area contributed by atoms with E-state index in [4.69, 9.17) is 0 Å². The van der Waals surface area contributed by atoms with Crippen LogP contribution >= 0.6 is 0 Å². The Kier molecular flexibility index (Phi) is 7.89. The molecule has 0 bridgehead atoms. The molecule has 0 radical (unpaired) electrons. The van der Waals surface area contributed by atoms with Crippen LogP contribution in [-0.2, 0) is 0 Å². The molecule has 0 heterocycles. The quantitative estimate of drug-likeness (QED) is 0.154. The van der Waals surface area contributed by atoms with E-state index in [0.29, 0.717) is 0 Å².